The molecular weight excluding hydrogens is 417 g/mol. The standard InChI is InChI=1S/C22H28FN5O4/c1-22(15-7-8-15)19(30)28(21(32)26-22)13-18(29)27-9-3-4-14(12-27)11-24-20(31)25-17-6-2-5-16(23)10-17/h2,5-6,10,14-15H,3-4,7-9,11-13H2,1H3,(H,26,32)(H2,24,25,31). The van der Waals surface area contributed by atoms with E-state index in [4.69, 9.17) is 0 Å². The van der Waals surface area contributed by atoms with Gasteiger partial charge in [0.25, 0.3) is 5.91 Å². The number of amides is 6. The van der Waals surface area contributed by atoms with E-state index in [1.165, 1.54) is 18.2 Å². The van der Waals surface area contributed by atoms with Gasteiger partial charge in [0.05, 0.1) is 0 Å². The summed E-state index contributed by atoms with van der Waals surface area (Å²) in [5, 5.41) is 8.09. The second kappa shape index (κ2) is 8.76. The van der Waals surface area contributed by atoms with Crippen molar-refractivity contribution in [3.05, 3.63) is 30.1 Å². The van der Waals surface area contributed by atoms with E-state index in [1.54, 1.807) is 17.9 Å². The molecule has 2 unspecified atom stereocenters. The average molecular weight is 445 g/mol. The first-order valence-corrected chi connectivity index (χ1v) is 11.0. The van der Waals surface area contributed by atoms with Crippen LogP contribution in [-0.4, -0.2) is 65.4 Å². The van der Waals surface area contributed by atoms with E-state index in [1.807, 2.05) is 0 Å². The number of hydrogen-bond acceptors (Lipinski definition) is 4. The molecule has 3 aliphatic rings. The lowest BCUT2D eigenvalue weighted by atomic mass is 9.96. The molecule has 9 nitrogen and oxygen atoms in total. The third kappa shape index (κ3) is 4.68. The Balaban J connectivity index is 1.26. The molecule has 2 heterocycles. The third-order valence-electron chi connectivity index (χ3n) is 6.49. The smallest absolute Gasteiger partial charge is 0.325 e. The van der Waals surface area contributed by atoms with Gasteiger partial charge in [0.2, 0.25) is 5.91 Å². The highest BCUT2D eigenvalue weighted by Crippen LogP contribution is 2.42. The highest BCUT2D eigenvalue weighted by molar-refractivity contribution is 6.09. The minimum atomic E-state index is -0.902. The largest absolute Gasteiger partial charge is 0.341 e. The fourth-order valence-electron chi connectivity index (χ4n) is 4.47. The number of imide groups is 1. The Bertz CT molecular complexity index is 937. The van der Waals surface area contributed by atoms with Crippen molar-refractivity contribution in [3.8, 4) is 0 Å². The SMILES string of the molecule is CC1(C2CC2)NC(=O)N(CC(=O)N2CCCC(CNC(=O)Nc3cccc(F)c3)C2)C1=O. The van der Waals surface area contributed by atoms with Gasteiger partial charge in [-0.15, -0.1) is 0 Å². The molecule has 3 N–H and O–H groups in total. The maximum absolute atomic E-state index is 13.2. The second-order valence-electron chi connectivity index (χ2n) is 8.99. The highest BCUT2D eigenvalue weighted by Gasteiger charge is 2.56. The summed E-state index contributed by atoms with van der Waals surface area (Å²) in [6.45, 7) is 2.80. The van der Waals surface area contributed by atoms with Crippen LogP contribution in [0, 0.1) is 17.7 Å². The monoisotopic (exact) mass is 445 g/mol. The zero-order valence-electron chi connectivity index (χ0n) is 18.0. The molecule has 10 heteroatoms. The number of halogens is 1. The van der Waals surface area contributed by atoms with Crippen molar-refractivity contribution >= 4 is 29.6 Å². The highest BCUT2D eigenvalue weighted by atomic mass is 19.1. The maximum atomic E-state index is 13.2. The lowest BCUT2D eigenvalue weighted by Gasteiger charge is -2.33. The van der Waals surface area contributed by atoms with E-state index in [2.05, 4.69) is 16.0 Å². The lowest BCUT2D eigenvalue weighted by molar-refractivity contribution is -0.140. The number of carbonyl (C=O) groups excluding carboxylic acids is 4. The molecule has 1 aromatic carbocycles. The van der Waals surface area contributed by atoms with Crippen LogP contribution in [0.4, 0.5) is 19.7 Å². The van der Waals surface area contributed by atoms with Crippen molar-refractivity contribution in [2.45, 2.75) is 38.1 Å². The Morgan fingerprint density at radius 1 is 1.25 bits per heavy atom. The Kier molecular flexibility index (Phi) is 6.03. The summed E-state index contributed by atoms with van der Waals surface area (Å²) < 4.78 is 13.2. The van der Waals surface area contributed by atoms with Gasteiger partial charge in [0.15, 0.2) is 0 Å². The quantitative estimate of drug-likeness (QED) is 0.581. The van der Waals surface area contributed by atoms with E-state index >= 15 is 0 Å². The van der Waals surface area contributed by atoms with Crippen LogP contribution in [0.3, 0.4) is 0 Å². The number of carbonyl (C=O) groups is 4. The summed E-state index contributed by atoms with van der Waals surface area (Å²) in [6, 6.07) is 4.66. The molecule has 172 valence electrons. The fourth-order valence-corrected chi connectivity index (χ4v) is 4.47. The van der Waals surface area contributed by atoms with Crippen LogP contribution in [0.25, 0.3) is 0 Å². The van der Waals surface area contributed by atoms with Crippen LogP contribution in [-0.2, 0) is 9.59 Å². The molecule has 0 aromatic heterocycles. The molecule has 3 fully saturated rings. The van der Waals surface area contributed by atoms with Crippen LogP contribution >= 0.6 is 0 Å². The fraction of sp³-hybridized carbons (Fsp3) is 0.545. The van der Waals surface area contributed by atoms with E-state index in [9.17, 15) is 23.6 Å². The van der Waals surface area contributed by atoms with Gasteiger partial charge in [0.1, 0.15) is 17.9 Å². The molecule has 2 aliphatic heterocycles. The topological polar surface area (TPSA) is 111 Å². The van der Waals surface area contributed by atoms with Crippen molar-refractivity contribution in [2.75, 3.05) is 31.5 Å². The van der Waals surface area contributed by atoms with Crippen LogP contribution in [0.5, 0.6) is 0 Å². The number of urea groups is 2. The molecule has 1 aromatic rings. The molecule has 6 amide bonds. The molecule has 32 heavy (non-hydrogen) atoms. The Morgan fingerprint density at radius 3 is 2.75 bits per heavy atom. The Morgan fingerprint density at radius 2 is 2.03 bits per heavy atom. The summed E-state index contributed by atoms with van der Waals surface area (Å²) in [5.41, 5.74) is -0.546. The minimum absolute atomic E-state index is 0.0470. The normalized spacial score (nSPS) is 25.5. The Hall–Kier alpha value is -3.17. The van der Waals surface area contributed by atoms with Crippen LogP contribution in [0.1, 0.15) is 32.6 Å². The van der Waals surface area contributed by atoms with Gasteiger partial charge in [-0.3, -0.25) is 14.5 Å². The minimum Gasteiger partial charge on any atom is -0.341 e. The van der Waals surface area contributed by atoms with Crippen LogP contribution in [0.15, 0.2) is 24.3 Å². The average Bonchev–Trinajstić information content (AvgIpc) is 3.58. The zero-order valence-corrected chi connectivity index (χ0v) is 18.0. The molecule has 1 saturated carbocycles. The van der Waals surface area contributed by atoms with Gasteiger partial charge in [-0.2, -0.15) is 0 Å². The van der Waals surface area contributed by atoms with E-state index in [0.29, 0.717) is 25.3 Å². The van der Waals surface area contributed by atoms with E-state index in [-0.39, 0.29) is 30.2 Å². The van der Waals surface area contributed by atoms with Crippen molar-refractivity contribution in [1.82, 2.24) is 20.4 Å². The number of nitrogens with zero attached hydrogens (tertiary/aromatic N) is 2. The summed E-state index contributed by atoms with van der Waals surface area (Å²) in [5.74, 6) is -0.856. The number of anilines is 1. The predicted octanol–water partition coefficient (Wildman–Crippen LogP) is 1.91. The number of likely N-dealkylation sites (tertiary alicyclic amines) is 1. The first kappa shape index (κ1) is 22.0. The van der Waals surface area contributed by atoms with E-state index < -0.39 is 23.4 Å². The van der Waals surface area contributed by atoms with Crippen molar-refractivity contribution in [2.24, 2.45) is 11.8 Å². The summed E-state index contributed by atoms with van der Waals surface area (Å²) >= 11 is 0. The van der Waals surface area contributed by atoms with Crippen LogP contribution in [0.2, 0.25) is 0 Å². The van der Waals surface area contributed by atoms with Gasteiger partial charge < -0.3 is 20.9 Å². The van der Waals surface area contributed by atoms with Gasteiger partial charge in [-0.25, -0.2) is 14.0 Å². The molecule has 0 bridgehead atoms. The van der Waals surface area contributed by atoms with Gasteiger partial charge in [-0.1, -0.05) is 6.07 Å². The number of rotatable bonds is 6. The molecular formula is C22H28FN5O4. The lowest BCUT2D eigenvalue weighted by Crippen LogP contribution is -2.49. The number of hydrogen-bond donors (Lipinski definition) is 3. The first-order chi connectivity index (χ1) is 15.3. The molecule has 2 saturated heterocycles. The molecule has 2 atom stereocenters. The first-order valence-electron chi connectivity index (χ1n) is 11.0. The molecule has 1 aliphatic carbocycles. The summed E-state index contributed by atoms with van der Waals surface area (Å²) in [4.78, 5) is 52.6. The second-order valence-corrected chi connectivity index (χ2v) is 8.99. The number of benzene rings is 1. The van der Waals surface area contributed by atoms with Gasteiger partial charge in [-0.05, 0) is 62.6 Å². The van der Waals surface area contributed by atoms with E-state index in [0.717, 1.165) is 30.6 Å². The molecule has 4 rings (SSSR count). The number of nitrogens with one attached hydrogen (secondary N) is 3. The van der Waals surface area contributed by atoms with Crippen molar-refractivity contribution in [3.63, 3.8) is 0 Å². The maximum Gasteiger partial charge on any atom is 0.325 e. The van der Waals surface area contributed by atoms with Gasteiger partial charge >= 0.3 is 12.1 Å². The molecule has 0 spiro atoms. The third-order valence-corrected chi connectivity index (χ3v) is 6.49. The zero-order chi connectivity index (χ0) is 22.9. The van der Waals surface area contributed by atoms with Gasteiger partial charge in [0, 0.05) is 25.3 Å². The predicted molar refractivity (Wildman–Crippen MR) is 114 cm³/mol. The Labute approximate surface area is 185 Å². The van der Waals surface area contributed by atoms with Crippen LogP contribution < -0.4 is 16.0 Å². The molecule has 0 radical (unpaired) electrons. The van der Waals surface area contributed by atoms with Crippen molar-refractivity contribution < 1.29 is 23.6 Å². The van der Waals surface area contributed by atoms with Crippen molar-refractivity contribution in [1.29, 1.82) is 0 Å². The summed E-state index contributed by atoms with van der Waals surface area (Å²) in [7, 11) is 0. The number of piperidine rings is 1. The summed E-state index contributed by atoms with van der Waals surface area (Å²) in [6.07, 6.45) is 3.41.